The van der Waals surface area contributed by atoms with Crippen molar-refractivity contribution in [1.82, 2.24) is 0 Å². The molecule has 0 aliphatic heterocycles. The largest absolute Gasteiger partial charge is 0.330 e. The Kier molecular flexibility index (Phi) is 5.21. The Morgan fingerprint density at radius 2 is 1.85 bits per heavy atom. The fourth-order valence-electron chi connectivity index (χ4n) is 1.93. The Bertz CT molecular complexity index is 581. The van der Waals surface area contributed by atoms with Gasteiger partial charge < -0.3 is 11.1 Å². The van der Waals surface area contributed by atoms with Gasteiger partial charge >= 0.3 is 0 Å². The van der Waals surface area contributed by atoms with E-state index in [2.05, 4.69) is 5.32 Å². The van der Waals surface area contributed by atoms with Gasteiger partial charge in [-0.1, -0.05) is 24.3 Å². The van der Waals surface area contributed by atoms with E-state index < -0.39 is 0 Å². The number of nitrogens with two attached hydrogens (primary N) is 1. The van der Waals surface area contributed by atoms with Gasteiger partial charge in [-0.05, 0) is 49.1 Å². The van der Waals surface area contributed by atoms with E-state index in [0.29, 0.717) is 12.1 Å². The minimum atomic E-state index is -0.0919. The molecule has 0 aliphatic carbocycles. The molecule has 2 aromatic rings. The highest BCUT2D eigenvalue weighted by Gasteiger charge is 2.08. The number of amides is 1. The lowest BCUT2D eigenvalue weighted by Crippen LogP contribution is -2.12. The van der Waals surface area contributed by atoms with Crippen LogP contribution in [0.5, 0.6) is 0 Å². The van der Waals surface area contributed by atoms with Gasteiger partial charge in [0.15, 0.2) is 0 Å². The van der Waals surface area contributed by atoms with Gasteiger partial charge in [0.05, 0.1) is 5.69 Å². The molecule has 2 aromatic carbocycles. The van der Waals surface area contributed by atoms with Crippen LogP contribution in [-0.4, -0.2) is 18.7 Å². The Balaban J connectivity index is 2.11. The van der Waals surface area contributed by atoms with Gasteiger partial charge in [0.25, 0.3) is 5.91 Å². The second kappa shape index (κ2) is 7.12. The summed E-state index contributed by atoms with van der Waals surface area (Å²) in [6, 6.07) is 15.3. The molecule has 104 valence electrons. The average molecular weight is 286 g/mol. The zero-order valence-electron chi connectivity index (χ0n) is 11.4. The Morgan fingerprint density at radius 3 is 2.50 bits per heavy atom. The molecular weight excluding hydrogens is 268 g/mol. The first-order valence-corrected chi connectivity index (χ1v) is 7.70. The Morgan fingerprint density at radius 1 is 1.15 bits per heavy atom. The number of benzene rings is 2. The molecule has 20 heavy (non-hydrogen) atoms. The number of carbonyl (C=O) groups is 1. The van der Waals surface area contributed by atoms with Gasteiger partial charge in [0.2, 0.25) is 0 Å². The molecule has 1 amide bonds. The van der Waals surface area contributed by atoms with Crippen molar-refractivity contribution in [3.63, 3.8) is 0 Å². The summed E-state index contributed by atoms with van der Waals surface area (Å²) in [5.41, 5.74) is 8.16. The van der Waals surface area contributed by atoms with Gasteiger partial charge in [-0.2, -0.15) is 0 Å². The van der Waals surface area contributed by atoms with E-state index in [9.17, 15) is 4.79 Å². The molecule has 3 N–H and O–H groups in total. The third kappa shape index (κ3) is 3.62. The molecule has 0 saturated heterocycles. The molecule has 4 heteroatoms. The van der Waals surface area contributed by atoms with Gasteiger partial charge in [0.1, 0.15) is 0 Å². The minimum absolute atomic E-state index is 0.0919. The lowest BCUT2D eigenvalue weighted by molar-refractivity contribution is 0.102. The van der Waals surface area contributed by atoms with Crippen molar-refractivity contribution in [3.8, 4) is 0 Å². The number of carbonyl (C=O) groups excluding carboxylic acids is 1. The van der Waals surface area contributed by atoms with E-state index in [4.69, 9.17) is 5.73 Å². The third-order valence-corrected chi connectivity index (χ3v) is 3.80. The SMILES string of the molecule is CSc1ccccc1NC(=O)c1ccc(CCN)cc1. The Labute approximate surface area is 123 Å². The van der Waals surface area contributed by atoms with Crippen LogP contribution in [0, 0.1) is 0 Å². The van der Waals surface area contributed by atoms with Crippen molar-refractivity contribution >= 4 is 23.4 Å². The minimum Gasteiger partial charge on any atom is -0.330 e. The van der Waals surface area contributed by atoms with Gasteiger partial charge in [0, 0.05) is 10.5 Å². The van der Waals surface area contributed by atoms with Crippen LogP contribution in [0.3, 0.4) is 0 Å². The predicted molar refractivity (Wildman–Crippen MR) is 85.4 cm³/mol. The molecule has 0 fully saturated rings. The number of hydrogen-bond donors (Lipinski definition) is 2. The molecule has 0 unspecified atom stereocenters. The number of hydrogen-bond acceptors (Lipinski definition) is 3. The summed E-state index contributed by atoms with van der Waals surface area (Å²) in [4.78, 5) is 13.3. The lowest BCUT2D eigenvalue weighted by Gasteiger charge is -2.09. The molecule has 0 aromatic heterocycles. The summed E-state index contributed by atoms with van der Waals surface area (Å²) < 4.78 is 0. The highest BCUT2D eigenvalue weighted by Crippen LogP contribution is 2.25. The Hall–Kier alpha value is -1.78. The van der Waals surface area contributed by atoms with Gasteiger partial charge in [-0.15, -0.1) is 11.8 Å². The average Bonchev–Trinajstić information content (AvgIpc) is 2.49. The summed E-state index contributed by atoms with van der Waals surface area (Å²) in [5.74, 6) is -0.0919. The van der Waals surface area contributed by atoms with E-state index in [1.165, 1.54) is 0 Å². The third-order valence-electron chi connectivity index (χ3n) is 3.00. The maximum Gasteiger partial charge on any atom is 0.255 e. The first-order valence-electron chi connectivity index (χ1n) is 6.48. The van der Waals surface area contributed by atoms with Crippen molar-refractivity contribution in [2.75, 3.05) is 18.1 Å². The van der Waals surface area contributed by atoms with Crippen LogP contribution in [-0.2, 0) is 6.42 Å². The first kappa shape index (κ1) is 14.6. The lowest BCUT2D eigenvalue weighted by atomic mass is 10.1. The molecule has 0 spiro atoms. The fourth-order valence-corrected chi connectivity index (χ4v) is 2.49. The number of rotatable bonds is 5. The molecular formula is C16H18N2OS. The summed E-state index contributed by atoms with van der Waals surface area (Å²) >= 11 is 1.61. The van der Waals surface area contributed by atoms with E-state index >= 15 is 0 Å². The maximum atomic E-state index is 12.2. The van der Waals surface area contributed by atoms with Crippen LogP contribution in [0.25, 0.3) is 0 Å². The number of nitrogens with one attached hydrogen (secondary N) is 1. The summed E-state index contributed by atoms with van der Waals surface area (Å²) in [5, 5.41) is 2.94. The summed E-state index contributed by atoms with van der Waals surface area (Å²) in [7, 11) is 0. The van der Waals surface area contributed by atoms with Gasteiger partial charge in [-0.3, -0.25) is 4.79 Å². The monoisotopic (exact) mass is 286 g/mol. The van der Waals surface area contributed by atoms with Crippen molar-refractivity contribution in [2.24, 2.45) is 5.73 Å². The topological polar surface area (TPSA) is 55.1 Å². The molecule has 0 saturated carbocycles. The van der Waals surface area contributed by atoms with Crippen molar-refractivity contribution in [1.29, 1.82) is 0 Å². The van der Waals surface area contributed by atoms with Crippen LogP contribution in [0.15, 0.2) is 53.4 Å². The van der Waals surface area contributed by atoms with E-state index in [1.54, 1.807) is 11.8 Å². The van der Waals surface area contributed by atoms with E-state index in [1.807, 2.05) is 54.8 Å². The van der Waals surface area contributed by atoms with Crippen LogP contribution in [0.2, 0.25) is 0 Å². The standard InChI is InChI=1S/C16H18N2OS/c1-20-15-5-3-2-4-14(15)18-16(19)13-8-6-12(7-9-13)10-11-17/h2-9H,10-11,17H2,1H3,(H,18,19). The zero-order valence-corrected chi connectivity index (χ0v) is 12.2. The molecule has 2 rings (SSSR count). The normalized spacial score (nSPS) is 10.3. The second-order valence-electron chi connectivity index (χ2n) is 4.39. The van der Waals surface area contributed by atoms with Crippen LogP contribution in [0.4, 0.5) is 5.69 Å². The number of anilines is 1. The second-order valence-corrected chi connectivity index (χ2v) is 5.24. The predicted octanol–water partition coefficient (Wildman–Crippen LogP) is 3.16. The summed E-state index contributed by atoms with van der Waals surface area (Å²) in [6.07, 6.45) is 2.82. The fraction of sp³-hybridized carbons (Fsp3) is 0.188. The highest BCUT2D eigenvalue weighted by molar-refractivity contribution is 7.98. The quantitative estimate of drug-likeness (QED) is 0.830. The molecule has 0 bridgehead atoms. The van der Waals surface area contributed by atoms with Crippen LogP contribution < -0.4 is 11.1 Å². The smallest absolute Gasteiger partial charge is 0.255 e. The molecule has 0 atom stereocenters. The first-order chi connectivity index (χ1) is 9.74. The zero-order chi connectivity index (χ0) is 14.4. The van der Waals surface area contributed by atoms with Crippen LogP contribution in [0.1, 0.15) is 15.9 Å². The van der Waals surface area contributed by atoms with E-state index in [-0.39, 0.29) is 5.91 Å². The van der Waals surface area contributed by atoms with Crippen LogP contribution >= 0.6 is 11.8 Å². The number of thioether (sulfide) groups is 1. The van der Waals surface area contributed by atoms with Gasteiger partial charge in [-0.25, -0.2) is 0 Å². The number of para-hydroxylation sites is 1. The van der Waals surface area contributed by atoms with Crippen molar-refractivity contribution in [3.05, 3.63) is 59.7 Å². The molecule has 3 nitrogen and oxygen atoms in total. The molecule has 0 radical (unpaired) electrons. The maximum absolute atomic E-state index is 12.2. The van der Waals surface area contributed by atoms with Crippen molar-refractivity contribution < 1.29 is 4.79 Å². The van der Waals surface area contributed by atoms with Crippen molar-refractivity contribution in [2.45, 2.75) is 11.3 Å². The molecule has 0 aliphatic rings. The van der Waals surface area contributed by atoms with E-state index in [0.717, 1.165) is 22.6 Å². The molecule has 0 heterocycles. The summed E-state index contributed by atoms with van der Waals surface area (Å²) in [6.45, 7) is 0.618. The highest BCUT2D eigenvalue weighted by atomic mass is 32.2.